The number of piperazine rings is 1. The van der Waals surface area contributed by atoms with Gasteiger partial charge >= 0.3 is 0 Å². The molecule has 1 heterocycles. The number of amides is 1. The van der Waals surface area contributed by atoms with E-state index in [1.165, 1.54) is 48.9 Å². The van der Waals surface area contributed by atoms with Gasteiger partial charge in [0.15, 0.2) is 0 Å². The van der Waals surface area contributed by atoms with Crippen molar-refractivity contribution < 1.29 is 4.79 Å². The van der Waals surface area contributed by atoms with Crippen molar-refractivity contribution in [2.75, 3.05) is 31.1 Å². The second kappa shape index (κ2) is 6.28. The number of hydrogen-bond donors (Lipinski definition) is 0. The minimum absolute atomic E-state index is 0.357. The van der Waals surface area contributed by atoms with Gasteiger partial charge in [0, 0.05) is 37.8 Å². The zero-order chi connectivity index (χ0) is 17.8. The van der Waals surface area contributed by atoms with Crippen LogP contribution in [-0.4, -0.2) is 37.0 Å². The molecule has 3 heteroatoms. The van der Waals surface area contributed by atoms with Gasteiger partial charge < -0.3 is 9.80 Å². The highest BCUT2D eigenvalue weighted by Gasteiger charge is 2.51. The highest BCUT2D eigenvalue weighted by molar-refractivity contribution is 5.80. The van der Waals surface area contributed by atoms with Gasteiger partial charge in [0.05, 0.1) is 0 Å². The van der Waals surface area contributed by atoms with Gasteiger partial charge in [-0.1, -0.05) is 12.1 Å². The first-order valence-electron chi connectivity index (χ1n) is 10.7. The van der Waals surface area contributed by atoms with Crippen molar-refractivity contribution in [1.29, 1.82) is 0 Å². The van der Waals surface area contributed by atoms with Gasteiger partial charge in [-0.15, -0.1) is 0 Å². The van der Waals surface area contributed by atoms with Crippen molar-refractivity contribution in [3.63, 3.8) is 0 Å². The minimum Gasteiger partial charge on any atom is -0.368 e. The molecule has 6 rings (SSSR count). The molecule has 0 N–H and O–H groups in total. The van der Waals surface area contributed by atoms with Crippen LogP contribution in [-0.2, 0) is 4.79 Å². The molecule has 0 radical (unpaired) electrons. The highest BCUT2D eigenvalue weighted by atomic mass is 16.2. The van der Waals surface area contributed by atoms with Crippen molar-refractivity contribution in [3.8, 4) is 0 Å². The summed E-state index contributed by atoms with van der Waals surface area (Å²) >= 11 is 0. The Morgan fingerprint density at radius 3 is 2.12 bits per heavy atom. The molecule has 1 aromatic carbocycles. The summed E-state index contributed by atoms with van der Waals surface area (Å²) in [4.78, 5) is 18.0. The molecule has 4 aliphatic carbocycles. The van der Waals surface area contributed by atoms with Crippen molar-refractivity contribution in [2.24, 2.45) is 29.6 Å². The Bertz CT molecular complexity index is 676. The third kappa shape index (κ3) is 2.66. The van der Waals surface area contributed by atoms with Gasteiger partial charge in [-0.25, -0.2) is 0 Å². The van der Waals surface area contributed by atoms with E-state index in [0.29, 0.717) is 23.7 Å². The van der Waals surface area contributed by atoms with Crippen molar-refractivity contribution >= 4 is 11.6 Å². The summed E-state index contributed by atoms with van der Waals surface area (Å²) in [5.74, 6) is 4.16. The summed E-state index contributed by atoms with van der Waals surface area (Å²) in [6.07, 6.45) is 6.82. The molecule has 0 unspecified atom stereocenters. The SMILES string of the molecule is Cc1cccc(N2CCN(C(=O)C3C4CC5CC(C4)CC3C5)CC2)c1C. The zero-order valence-electron chi connectivity index (χ0n) is 16.3. The monoisotopic (exact) mass is 352 g/mol. The molecule has 0 aromatic heterocycles. The number of anilines is 1. The van der Waals surface area contributed by atoms with Crippen LogP contribution in [0.15, 0.2) is 18.2 Å². The maximum Gasteiger partial charge on any atom is 0.226 e. The first kappa shape index (κ1) is 16.6. The number of nitrogens with zero attached hydrogens (tertiary/aromatic N) is 2. The van der Waals surface area contributed by atoms with E-state index in [1.807, 2.05) is 0 Å². The standard InChI is InChI=1S/C23H32N2O/c1-15-4-3-5-21(16(15)2)24-6-8-25(9-7-24)23(26)22-19-11-17-10-18(13-19)14-20(22)12-17/h3-5,17-20,22H,6-14H2,1-2H3. The molecule has 3 nitrogen and oxygen atoms in total. The maximum atomic E-state index is 13.4. The molecule has 0 spiro atoms. The Morgan fingerprint density at radius 2 is 1.50 bits per heavy atom. The molecule has 26 heavy (non-hydrogen) atoms. The van der Waals surface area contributed by atoms with Gasteiger partial charge in [-0.3, -0.25) is 4.79 Å². The van der Waals surface area contributed by atoms with Crippen LogP contribution < -0.4 is 4.90 Å². The van der Waals surface area contributed by atoms with Crippen LogP contribution in [0.2, 0.25) is 0 Å². The Balaban J connectivity index is 1.26. The first-order chi connectivity index (χ1) is 12.6. The van der Waals surface area contributed by atoms with E-state index < -0.39 is 0 Å². The number of benzene rings is 1. The van der Waals surface area contributed by atoms with Crippen LogP contribution in [0, 0.1) is 43.4 Å². The summed E-state index contributed by atoms with van der Waals surface area (Å²) < 4.78 is 0. The van der Waals surface area contributed by atoms with E-state index in [2.05, 4.69) is 41.8 Å². The lowest BCUT2D eigenvalue weighted by Crippen LogP contribution is -2.56. The molecule has 0 atom stereocenters. The first-order valence-corrected chi connectivity index (χ1v) is 10.7. The minimum atomic E-state index is 0.357. The quantitative estimate of drug-likeness (QED) is 0.802. The predicted octanol–water partition coefficient (Wildman–Crippen LogP) is 4.02. The lowest BCUT2D eigenvalue weighted by molar-refractivity contribution is -0.149. The zero-order valence-corrected chi connectivity index (χ0v) is 16.3. The largest absolute Gasteiger partial charge is 0.368 e. The van der Waals surface area contributed by atoms with Crippen molar-refractivity contribution in [2.45, 2.75) is 46.0 Å². The van der Waals surface area contributed by atoms with E-state index in [0.717, 1.165) is 38.0 Å². The summed E-state index contributed by atoms with van der Waals surface area (Å²) in [7, 11) is 0. The molecular weight excluding hydrogens is 320 g/mol. The molecule has 1 aliphatic heterocycles. The topological polar surface area (TPSA) is 23.6 Å². The molecule has 140 valence electrons. The molecule has 5 aliphatic rings. The highest BCUT2D eigenvalue weighted by Crippen LogP contribution is 2.56. The predicted molar refractivity (Wildman–Crippen MR) is 105 cm³/mol. The lowest BCUT2D eigenvalue weighted by atomic mass is 9.51. The third-order valence-corrected chi connectivity index (χ3v) is 8.02. The van der Waals surface area contributed by atoms with E-state index in [4.69, 9.17) is 0 Å². The second-order valence-electron chi connectivity index (χ2n) is 9.49. The van der Waals surface area contributed by atoms with Gasteiger partial charge in [-0.05, 0) is 86.8 Å². The number of carbonyl (C=O) groups is 1. The van der Waals surface area contributed by atoms with E-state index in [-0.39, 0.29) is 0 Å². The van der Waals surface area contributed by atoms with Crippen molar-refractivity contribution in [3.05, 3.63) is 29.3 Å². The van der Waals surface area contributed by atoms with Gasteiger partial charge in [0.25, 0.3) is 0 Å². The Labute approximate surface area is 157 Å². The number of aryl methyl sites for hydroxylation is 1. The van der Waals surface area contributed by atoms with Crippen LogP contribution in [0.4, 0.5) is 5.69 Å². The Kier molecular flexibility index (Phi) is 4.02. The fraction of sp³-hybridized carbons (Fsp3) is 0.696. The van der Waals surface area contributed by atoms with Crippen LogP contribution in [0.25, 0.3) is 0 Å². The Hall–Kier alpha value is -1.51. The maximum absolute atomic E-state index is 13.4. The fourth-order valence-electron chi connectivity index (χ4n) is 6.79. The van der Waals surface area contributed by atoms with Crippen molar-refractivity contribution in [1.82, 2.24) is 4.90 Å². The summed E-state index contributed by atoms with van der Waals surface area (Å²) in [5, 5.41) is 0. The molecule has 4 bridgehead atoms. The fourth-order valence-corrected chi connectivity index (χ4v) is 6.79. The van der Waals surface area contributed by atoms with E-state index in [1.54, 1.807) is 0 Å². The molecule has 1 saturated heterocycles. The molecule has 4 saturated carbocycles. The van der Waals surface area contributed by atoms with E-state index >= 15 is 0 Å². The van der Waals surface area contributed by atoms with Crippen LogP contribution in [0.5, 0.6) is 0 Å². The third-order valence-electron chi connectivity index (χ3n) is 8.02. The molecule has 1 amide bonds. The normalized spacial score (nSPS) is 35.8. The van der Waals surface area contributed by atoms with Gasteiger partial charge in [0.1, 0.15) is 0 Å². The van der Waals surface area contributed by atoms with Gasteiger partial charge in [0.2, 0.25) is 5.91 Å². The van der Waals surface area contributed by atoms with E-state index in [9.17, 15) is 4.79 Å². The van der Waals surface area contributed by atoms with Crippen LogP contribution >= 0.6 is 0 Å². The summed E-state index contributed by atoms with van der Waals surface area (Å²) in [6.45, 7) is 8.15. The second-order valence-corrected chi connectivity index (χ2v) is 9.49. The van der Waals surface area contributed by atoms with Crippen LogP contribution in [0.1, 0.15) is 43.2 Å². The van der Waals surface area contributed by atoms with Crippen LogP contribution in [0.3, 0.4) is 0 Å². The lowest BCUT2D eigenvalue weighted by Gasteiger charge is -2.54. The molecule has 5 fully saturated rings. The number of carbonyl (C=O) groups excluding carboxylic acids is 1. The van der Waals surface area contributed by atoms with Gasteiger partial charge in [-0.2, -0.15) is 0 Å². The number of rotatable bonds is 2. The summed E-state index contributed by atoms with van der Waals surface area (Å²) in [6, 6.07) is 6.58. The molecule has 1 aromatic rings. The smallest absolute Gasteiger partial charge is 0.226 e. The summed E-state index contributed by atoms with van der Waals surface area (Å²) in [5.41, 5.74) is 4.09. The Morgan fingerprint density at radius 1 is 0.885 bits per heavy atom. The average Bonchev–Trinajstić information content (AvgIpc) is 2.63. The molecular formula is C23H32N2O. The average molecular weight is 353 g/mol. The number of hydrogen-bond acceptors (Lipinski definition) is 2.